The molecule has 11 heteroatoms. The van der Waals surface area contributed by atoms with Crippen LogP contribution in [0, 0.1) is 5.92 Å². The molecule has 2 fully saturated rings. The Balaban J connectivity index is 1.43. The molecule has 0 amide bonds. The van der Waals surface area contributed by atoms with Gasteiger partial charge in [-0.2, -0.15) is 0 Å². The maximum atomic E-state index is 12.0. The highest BCUT2D eigenvalue weighted by molar-refractivity contribution is 5.65. The fourth-order valence-electron chi connectivity index (χ4n) is 5.44. The van der Waals surface area contributed by atoms with Gasteiger partial charge in [0, 0.05) is 18.1 Å². The Kier molecular flexibility index (Phi) is 5.17. The number of methoxy groups -OCH3 is 4. The lowest BCUT2D eigenvalue weighted by Gasteiger charge is -2.29. The third kappa shape index (κ3) is 3.01. The van der Waals surface area contributed by atoms with Crippen LogP contribution in [0.2, 0.25) is 0 Å². The molecule has 4 aliphatic heterocycles. The summed E-state index contributed by atoms with van der Waals surface area (Å²) in [6.07, 6.45) is -1.42. The smallest absolute Gasteiger partial charge is 0.231 e. The van der Waals surface area contributed by atoms with Gasteiger partial charge in [-0.3, -0.25) is 0 Å². The van der Waals surface area contributed by atoms with Gasteiger partial charge in [0.2, 0.25) is 25.1 Å². The van der Waals surface area contributed by atoms with Gasteiger partial charge in [-0.1, -0.05) is 0 Å². The van der Waals surface area contributed by atoms with Crippen molar-refractivity contribution in [3.05, 3.63) is 23.3 Å². The molecule has 4 unspecified atom stereocenters. The summed E-state index contributed by atoms with van der Waals surface area (Å²) in [6.45, 7) is 0.333. The molecule has 0 radical (unpaired) electrons. The van der Waals surface area contributed by atoms with Gasteiger partial charge < -0.3 is 52.5 Å². The zero-order valence-electron chi connectivity index (χ0n) is 19.7. The number of hydrogen-bond acceptors (Lipinski definition) is 11. The first-order valence-electron chi connectivity index (χ1n) is 11.1. The van der Waals surface area contributed by atoms with E-state index in [-0.39, 0.29) is 26.8 Å². The predicted octanol–water partition coefficient (Wildman–Crippen LogP) is 2.37. The maximum absolute atomic E-state index is 12.0. The number of aliphatic hydroxyl groups is 1. The molecule has 4 aliphatic rings. The minimum atomic E-state index is -1.41. The minimum absolute atomic E-state index is 0.00546. The van der Waals surface area contributed by atoms with Gasteiger partial charge in [0.25, 0.3) is 0 Å². The third-order valence-electron chi connectivity index (χ3n) is 7.03. The Morgan fingerprint density at radius 2 is 1.34 bits per heavy atom. The van der Waals surface area contributed by atoms with Crippen molar-refractivity contribution < 1.29 is 52.5 Å². The highest BCUT2D eigenvalue weighted by Gasteiger charge is 2.62. The van der Waals surface area contributed by atoms with Crippen LogP contribution in [-0.2, 0) is 9.47 Å². The van der Waals surface area contributed by atoms with E-state index in [9.17, 15) is 5.11 Å². The SMILES string of the molecule is COc1cc2c(c(OC)c1C1OCC3(O)C(c4c(OC)cc5c(c4OC)OCO5)OCC13)OCO2. The van der Waals surface area contributed by atoms with Gasteiger partial charge in [-0.05, 0) is 0 Å². The average Bonchev–Trinajstić information content (AvgIpc) is 3.65. The quantitative estimate of drug-likeness (QED) is 0.644. The zero-order chi connectivity index (χ0) is 24.3. The molecule has 2 saturated heterocycles. The van der Waals surface area contributed by atoms with Crippen LogP contribution in [0.1, 0.15) is 23.3 Å². The first-order chi connectivity index (χ1) is 17.0. The maximum Gasteiger partial charge on any atom is 0.231 e. The fourth-order valence-corrected chi connectivity index (χ4v) is 5.44. The zero-order valence-corrected chi connectivity index (χ0v) is 19.7. The lowest BCUT2D eigenvalue weighted by molar-refractivity contribution is -0.0644. The van der Waals surface area contributed by atoms with E-state index < -0.39 is 23.7 Å². The molecule has 2 aromatic carbocycles. The van der Waals surface area contributed by atoms with Gasteiger partial charge in [0.1, 0.15) is 23.2 Å². The van der Waals surface area contributed by atoms with Crippen molar-refractivity contribution in [1.82, 2.24) is 0 Å². The largest absolute Gasteiger partial charge is 0.496 e. The van der Waals surface area contributed by atoms with Crippen molar-refractivity contribution in [3.8, 4) is 46.0 Å². The van der Waals surface area contributed by atoms with Gasteiger partial charge in [0.05, 0.1) is 58.9 Å². The van der Waals surface area contributed by atoms with Gasteiger partial charge in [0.15, 0.2) is 23.0 Å². The summed E-state index contributed by atoms with van der Waals surface area (Å²) in [5.41, 5.74) is -0.266. The van der Waals surface area contributed by atoms with Crippen LogP contribution in [0.5, 0.6) is 46.0 Å². The number of hydrogen-bond donors (Lipinski definition) is 1. The van der Waals surface area contributed by atoms with Crippen molar-refractivity contribution in [2.75, 3.05) is 55.2 Å². The summed E-state index contributed by atoms with van der Waals surface area (Å²) < 4.78 is 57.4. The van der Waals surface area contributed by atoms with E-state index in [1.54, 1.807) is 19.2 Å². The van der Waals surface area contributed by atoms with Gasteiger partial charge in [-0.15, -0.1) is 0 Å². The van der Waals surface area contributed by atoms with Crippen molar-refractivity contribution in [2.45, 2.75) is 17.8 Å². The second kappa shape index (κ2) is 8.14. The summed E-state index contributed by atoms with van der Waals surface area (Å²) in [7, 11) is 6.15. The van der Waals surface area contributed by atoms with Crippen molar-refractivity contribution in [3.63, 3.8) is 0 Å². The molecule has 4 heterocycles. The molecule has 2 aromatic rings. The Hall–Kier alpha value is -3.28. The lowest BCUT2D eigenvalue weighted by Crippen LogP contribution is -2.39. The Labute approximate surface area is 201 Å². The first-order valence-corrected chi connectivity index (χ1v) is 11.1. The van der Waals surface area contributed by atoms with Crippen molar-refractivity contribution in [2.24, 2.45) is 5.92 Å². The molecule has 0 aliphatic carbocycles. The molecule has 0 bridgehead atoms. The topological polar surface area (TPSA) is 113 Å². The van der Waals surface area contributed by atoms with Gasteiger partial charge >= 0.3 is 0 Å². The summed E-state index contributed by atoms with van der Waals surface area (Å²) >= 11 is 0. The molecule has 4 atom stereocenters. The Morgan fingerprint density at radius 1 is 0.771 bits per heavy atom. The van der Waals surface area contributed by atoms with E-state index >= 15 is 0 Å². The van der Waals surface area contributed by atoms with Gasteiger partial charge in [-0.25, -0.2) is 0 Å². The van der Waals surface area contributed by atoms with E-state index in [1.165, 1.54) is 21.3 Å². The average molecular weight is 490 g/mol. The normalized spacial score (nSPS) is 27.6. The van der Waals surface area contributed by atoms with Crippen LogP contribution < -0.4 is 37.9 Å². The highest BCUT2D eigenvalue weighted by atomic mass is 16.7. The highest BCUT2D eigenvalue weighted by Crippen LogP contribution is 2.61. The van der Waals surface area contributed by atoms with E-state index in [1.807, 2.05) is 0 Å². The molecule has 188 valence electrons. The predicted molar refractivity (Wildman–Crippen MR) is 117 cm³/mol. The second-order valence-corrected chi connectivity index (χ2v) is 8.56. The van der Waals surface area contributed by atoms with E-state index in [2.05, 4.69) is 0 Å². The van der Waals surface area contributed by atoms with Crippen LogP contribution >= 0.6 is 0 Å². The lowest BCUT2D eigenvalue weighted by atomic mass is 9.80. The van der Waals surface area contributed by atoms with Crippen LogP contribution in [-0.4, -0.2) is 65.9 Å². The molecule has 35 heavy (non-hydrogen) atoms. The van der Waals surface area contributed by atoms with E-state index in [0.29, 0.717) is 57.1 Å². The van der Waals surface area contributed by atoms with Crippen LogP contribution in [0.4, 0.5) is 0 Å². The summed E-state index contributed by atoms with van der Waals surface area (Å²) in [6, 6.07) is 3.44. The molecule has 0 aromatic heterocycles. The van der Waals surface area contributed by atoms with E-state index in [0.717, 1.165) is 0 Å². The number of benzene rings is 2. The summed E-state index contributed by atoms with van der Waals surface area (Å²) in [5.74, 6) is 3.24. The summed E-state index contributed by atoms with van der Waals surface area (Å²) in [4.78, 5) is 0. The molecule has 0 spiro atoms. The van der Waals surface area contributed by atoms with Crippen LogP contribution in [0.15, 0.2) is 12.1 Å². The third-order valence-corrected chi connectivity index (χ3v) is 7.03. The van der Waals surface area contributed by atoms with Crippen molar-refractivity contribution in [1.29, 1.82) is 0 Å². The fraction of sp³-hybridized carbons (Fsp3) is 0.500. The second-order valence-electron chi connectivity index (χ2n) is 8.56. The molecule has 11 nitrogen and oxygen atoms in total. The summed E-state index contributed by atoms with van der Waals surface area (Å²) in [5, 5.41) is 12.0. The van der Waals surface area contributed by atoms with Crippen LogP contribution in [0.3, 0.4) is 0 Å². The molecule has 1 N–H and O–H groups in total. The van der Waals surface area contributed by atoms with E-state index in [4.69, 9.17) is 47.4 Å². The number of ether oxygens (including phenoxy) is 10. The van der Waals surface area contributed by atoms with Crippen molar-refractivity contribution >= 4 is 0 Å². The molecular formula is C24H26O11. The Bertz CT molecular complexity index is 1170. The monoisotopic (exact) mass is 490 g/mol. The van der Waals surface area contributed by atoms with Crippen LogP contribution in [0.25, 0.3) is 0 Å². The molecule has 6 rings (SSSR count). The Morgan fingerprint density at radius 3 is 1.91 bits per heavy atom. The minimum Gasteiger partial charge on any atom is -0.496 e. The standard InChI is InChI=1S/C24H26O11/c1-26-12-5-14-19(34-9-32-14)21(28-3)16(12)18-11-7-30-23(24(11,25)8-31-18)17-13(27-2)6-15-20(22(17)29-4)35-10-33-15/h5-6,11,18,23,25H,7-10H2,1-4H3. The first kappa shape index (κ1) is 22.2. The number of fused-ring (bicyclic) bond motifs is 3. The molecule has 0 saturated carbocycles. The number of rotatable bonds is 6. The molecular weight excluding hydrogens is 464 g/mol.